The van der Waals surface area contributed by atoms with Gasteiger partial charge in [-0.2, -0.15) is 26.3 Å². The number of hydrogen-bond donors (Lipinski definition) is 0. The molecule has 0 atom stereocenters. The third-order valence-corrected chi connectivity index (χ3v) is 6.01. The summed E-state index contributed by atoms with van der Waals surface area (Å²) in [5, 5.41) is 17.6. The van der Waals surface area contributed by atoms with Crippen molar-refractivity contribution in [1.82, 2.24) is 8.80 Å². The first-order chi connectivity index (χ1) is 20.7. The summed E-state index contributed by atoms with van der Waals surface area (Å²) in [5.74, 6) is -6.01. The Labute approximate surface area is 244 Å². The number of carbonyl (C=O) groups is 2. The molecule has 0 aliphatic rings. The molecule has 8 nitrogen and oxygen atoms in total. The van der Waals surface area contributed by atoms with Crippen LogP contribution in [0, 0.1) is 0 Å². The van der Waals surface area contributed by atoms with Gasteiger partial charge in [0.1, 0.15) is 35.7 Å². The average Bonchev–Trinajstić information content (AvgIpc) is 3.62. The highest BCUT2D eigenvalue weighted by Crippen LogP contribution is 2.21. The third kappa shape index (κ3) is 7.79. The minimum absolute atomic E-state index is 1.15. The standard InChI is InChI=1S/C26H20N4.2C2HF3O2/c1-3-15-27-19-29(17-25(27)5-1)23-11-7-21(8-12-23)22-9-13-24(14-10-22)30-18-26-6-2-4-16-28(26)20-30;2*3-2(4,5)1(6)7/h1-20H;2*(H,6,7)/q+2;;/p-2. The molecular formula is C30H20F6N4O4. The van der Waals surface area contributed by atoms with Crippen molar-refractivity contribution in [2.45, 2.75) is 12.4 Å². The van der Waals surface area contributed by atoms with Gasteiger partial charge in [-0.1, -0.05) is 36.4 Å². The summed E-state index contributed by atoms with van der Waals surface area (Å²) >= 11 is 0. The SMILES string of the molecule is O=C([O-])C(F)(F)F.O=C([O-])C(F)(F)F.c1ccn2c[n+](-c3ccc(-c4ccc(-[n+]5cc6ccccn6c5)cc4)cc3)cc2c1. The predicted octanol–water partition coefficient (Wildman–Crippen LogP) is 3.01. The van der Waals surface area contributed by atoms with E-state index in [4.69, 9.17) is 19.8 Å². The number of alkyl halides is 6. The molecule has 0 aliphatic heterocycles. The average molecular weight is 615 g/mol. The Morgan fingerprint density at radius 2 is 0.864 bits per heavy atom. The normalized spacial score (nSPS) is 11.3. The van der Waals surface area contributed by atoms with E-state index in [1.807, 2.05) is 12.1 Å². The molecule has 4 heterocycles. The second-order valence-corrected chi connectivity index (χ2v) is 9.03. The van der Waals surface area contributed by atoms with Crippen molar-refractivity contribution in [3.63, 3.8) is 0 Å². The maximum Gasteiger partial charge on any atom is 0.430 e. The number of halogens is 6. The zero-order valence-electron chi connectivity index (χ0n) is 22.2. The molecule has 0 N–H and O–H groups in total. The number of rotatable bonds is 3. The lowest BCUT2D eigenvalue weighted by molar-refractivity contribution is -0.594. The highest BCUT2D eigenvalue weighted by atomic mass is 19.4. The molecule has 0 spiro atoms. The summed E-state index contributed by atoms with van der Waals surface area (Å²) in [5.41, 5.74) is 7.06. The number of carbonyl (C=O) groups excluding carboxylic acids is 2. The van der Waals surface area contributed by atoms with Crippen molar-refractivity contribution < 1.29 is 55.3 Å². The fourth-order valence-electron chi connectivity index (χ4n) is 3.92. The topological polar surface area (TPSA) is 96.8 Å². The number of carboxylic acid groups (broad SMARTS) is 2. The maximum absolute atomic E-state index is 10.5. The molecule has 6 aromatic rings. The molecule has 0 radical (unpaired) electrons. The molecule has 44 heavy (non-hydrogen) atoms. The van der Waals surface area contributed by atoms with Crippen molar-refractivity contribution >= 4 is 23.0 Å². The Bertz CT molecular complexity index is 1690. The molecule has 4 aromatic heterocycles. The van der Waals surface area contributed by atoms with Gasteiger partial charge in [0.05, 0.1) is 12.4 Å². The van der Waals surface area contributed by atoms with E-state index in [0.717, 1.165) is 11.4 Å². The van der Waals surface area contributed by atoms with E-state index in [1.54, 1.807) is 0 Å². The lowest BCUT2D eigenvalue weighted by Gasteiger charge is -2.03. The quantitative estimate of drug-likeness (QED) is 0.226. The van der Waals surface area contributed by atoms with Gasteiger partial charge in [-0.05, 0) is 59.7 Å². The van der Waals surface area contributed by atoms with Crippen LogP contribution >= 0.6 is 0 Å². The molecule has 0 aliphatic carbocycles. The van der Waals surface area contributed by atoms with E-state index in [2.05, 4.69) is 128 Å². The smallest absolute Gasteiger partial charge is 0.430 e. The largest absolute Gasteiger partial charge is 0.542 e. The number of aromatic nitrogens is 4. The number of benzene rings is 2. The van der Waals surface area contributed by atoms with Crippen LogP contribution in [0.3, 0.4) is 0 Å². The highest BCUT2D eigenvalue weighted by Gasteiger charge is 2.29. The van der Waals surface area contributed by atoms with Crippen molar-refractivity contribution in [1.29, 1.82) is 0 Å². The first-order valence-corrected chi connectivity index (χ1v) is 12.5. The molecule has 0 unspecified atom stereocenters. The van der Waals surface area contributed by atoms with Crippen LogP contribution in [-0.4, -0.2) is 33.1 Å². The van der Waals surface area contributed by atoms with Crippen LogP contribution in [0.4, 0.5) is 26.3 Å². The Balaban J connectivity index is 0.000000265. The number of carboxylic acids is 2. The van der Waals surface area contributed by atoms with Crippen LogP contribution in [0.1, 0.15) is 0 Å². The van der Waals surface area contributed by atoms with Gasteiger partial charge in [0.25, 0.3) is 12.7 Å². The van der Waals surface area contributed by atoms with Crippen LogP contribution in [0.2, 0.25) is 0 Å². The number of nitrogens with zero attached hydrogens (tertiary/aromatic N) is 4. The number of imidazole rings is 2. The molecule has 0 amide bonds. The predicted molar refractivity (Wildman–Crippen MR) is 139 cm³/mol. The Hall–Kier alpha value is -5.66. The number of fused-ring (bicyclic) bond motifs is 2. The minimum atomic E-state index is -5.19. The Morgan fingerprint density at radius 3 is 1.14 bits per heavy atom. The van der Waals surface area contributed by atoms with Crippen molar-refractivity contribution in [3.8, 4) is 22.5 Å². The lowest BCUT2D eigenvalue weighted by Crippen LogP contribution is -2.37. The highest BCUT2D eigenvalue weighted by molar-refractivity contribution is 5.71. The van der Waals surface area contributed by atoms with Crippen LogP contribution in [0.5, 0.6) is 0 Å². The van der Waals surface area contributed by atoms with Gasteiger partial charge in [-0.25, -0.2) is 17.9 Å². The molecular weight excluding hydrogens is 594 g/mol. The van der Waals surface area contributed by atoms with Gasteiger partial charge in [-0.3, -0.25) is 0 Å². The lowest BCUT2D eigenvalue weighted by atomic mass is 10.0. The number of hydrogen-bond acceptors (Lipinski definition) is 4. The third-order valence-electron chi connectivity index (χ3n) is 6.01. The molecule has 14 heteroatoms. The number of pyridine rings is 2. The van der Waals surface area contributed by atoms with E-state index in [1.165, 1.54) is 22.2 Å². The summed E-state index contributed by atoms with van der Waals surface area (Å²) in [7, 11) is 0. The number of aliphatic carboxylic acids is 2. The van der Waals surface area contributed by atoms with E-state index < -0.39 is 24.3 Å². The van der Waals surface area contributed by atoms with Gasteiger partial charge in [0.2, 0.25) is 0 Å². The van der Waals surface area contributed by atoms with E-state index in [-0.39, 0.29) is 0 Å². The zero-order valence-corrected chi connectivity index (χ0v) is 22.2. The fourth-order valence-corrected chi connectivity index (χ4v) is 3.92. The molecule has 0 saturated carbocycles. The summed E-state index contributed by atoms with van der Waals surface area (Å²) in [6, 6.07) is 29.8. The first-order valence-electron chi connectivity index (χ1n) is 12.5. The molecule has 0 saturated heterocycles. The minimum Gasteiger partial charge on any atom is -0.542 e. The maximum atomic E-state index is 10.5. The summed E-state index contributed by atoms with van der Waals surface area (Å²) < 4.78 is 71.6. The molecule has 6 rings (SSSR count). The van der Waals surface area contributed by atoms with Gasteiger partial charge >= 0.3 is 12.4 Å². The van der Waals surface area contributed by atoms with Crippen LogP contribution in [0.15, 0.2) is 122 Å². The van der Waals surface area contributed by atoms with Gasteiger partial charge < -0.3 is 19.8 Å². The molecule has 2 aromatic carbocycles. The van der Waals surface area contributed by atoms with Crippen molar-refractivity contribution in [2.75, 3.05) is 0 Å². The second-order valence-electron chi connectivity index (χ2n) is 9.03. The zero-order chi connectivity index (χ0) is 32.1. The molecule has 0 bridgehead atoms. The van der Waals surface area contributed by atoms with Crippen LogP contribution in [0.25, 0.3) is 33.5 Å². The fraction of sp³-hybridized carbons (Fsp3) is 0.0667. The summed E-state index contributed by atoms with van der Waals surface area (Å²) in [4.78, 5) is 17.6. The Kier molecular flexibility index (Phi) is 9.02. The second kappa shape index (κ2) is 12.7. The van der Waals surface area contributed by atoms with Crippen molar-refractivity contribution in [3.05, 3.63) is 122 Å². The van der Waals surface area contributed by atoms with E-state index >= 15 is 0 Å². The Morgan fingerprint density at radius 1 is 0.545 bits per heavy atom. The van der Waals surface area contributed by atoms with E-state index in [0.29, 0.717) is 0 Å². The first kappa shape index (κ1) is 31.3. The summed E-state index contributed by atoms with van der Waals surface area (Å²) in [6.45, 7) is 0. The molecule has 226 valence electrons. The van der Waals surface area contributed by atoms with Crippen molar-refractivity contribution in [2.24, 2.45) is 0 Å². The van der Waals surface area contributed by atoms with Gasteiger partial charge in [0, 0.05) is 0 Å². The van der Waals surface area contributed by atoms with Crippen LogP contribution in [-0.2, 0) is 9.59 Å². The summed E-state index contributed by atoms with van der Waals surface area (Å²) in [6.07, 6.45) is 2.21. The van der Waals surface area contributed by atoms with Crippen LogP contribution < -0.4 is 19.3 Å². The van der Waals surface area contributed by atoms with E-state index in [9.17, 15) is 26.3 Å². The van der Waals surface area contributed by atoms with Gasteiger partial charge in [-0.15, -0.1) is 0 Å². The monoisotopic (exact) mass is 614 g/mol. The van der Waals surface area contributed by atoms with Gasteiger partial charge in [0.15, 0.2) is 11.0 Å². The molecule has 0 fully saturated rings.